The molecule has 0 saturated heterocycles. The monoisotopic (exact) mass is 269 g/mol. The smallest absolute Gasteiger partial charge is 0.297 e. The Hall–Kier alpha value is -1.66. The zero-order chi connectivity index (χ0) is 13.6. The maximum Gasteiger partial charge on any atom is 0.297 e. The topological polar surface area (TPSA) is 72.5 Å². The second-order valence-electron chi connectivity index (χ2n) is 3.54. The molecule has 0 unspecified atom stereocenters. The molecule has 1 amide bonds. The maximum atomic E-state index is 11.8. The van der Waals surface area contributed by atoms with E-state index in [0.717, 1.165) is 6.08 Å². The molecule has 0 aliphatic carbocycles. The molecular weight excluding hydrogens is 254 g/mol. The van der Waals surface area contributed by atoms with Crippen LogP contribution in [-0.2, 0) is 19.1 Å². The highest BCUT2D eigenvalue weighted by Gasteiger charge is 2.16. The van der Waals surface area contributed by atoms with E-state index in [1.54, 1.807) is 25.1 Å². The fourth-order valence-electron chi connectivity index (χ4n) is 1.30. The van der Waals surface area contributed by atoms with Crippen LogP contribution < -0.4 is 5.32 Å². The summed E-state index contributed by atoms with van der Waals surface area (Å²) in [6.07, 6.45) is 1.11. The first-order chi connectivity index (χ1) is 8.47. The molecule has 1 N–H and O–H groups in total. The van der Waals surface area contributed by atoms with Gasteiger partial charge in [0, 0.05) is 6.54 Å². The van der Waals surface area contributed by atoms with Gasteiger partial charge in [0.1, 0.15) is 0 Å². The van der Waals surface area contributed by atoms with Crippen LogP contribution in [0.15, 0.2) is 41.8 Å². The SMILES string of the molecule is C=CC(=O)NCCOS(=O)(=O)c1ccccc1C. The minimum atomic E-state index is -3.77. The highest BCUT2D eigenvalue weighted by Crippen LogP contribution is 2.16. The van der Waals surface area contributed by atoms with Gasteiger partial charge in [-0.3, -0.25) is 8.98 Å². The number of amides is 1. The van der Waals surface area contributed by atoms with Gasteiger partial charge in [-0.25, -0.2) is 0 Å². The van der Waals surface area contributed by atoms with Crippen molar-refractivity contribution in [1.29, 1.82) is 0 Å². The summed E-state index contributed by atoms with van der Waals surface area (Å²) in [7, 11) is -3.77. The van der Waals surface area contributed by atoms with Crippen molar-refractivity contribution >= 4 is 16.0 Å². The minimum absolute atomic E-state index is 0.107. The highest BCUT2D eigenvalue weighted by atomic mass is 32.2. The van der Waals surface area contributed by atoms with Gasteiger partial charge in [0.15, 0.2) is 0 Å². The molecule has 0 fully saturated rings. The van der Waals surface area contributed by atoms with E-state index < -0.39 is 10.1 Å². The third kappa shape index (κ3) is 3.97. The van der Waals surface area contributed by atoms with Crippen LogP contribution in [0.5, 0.6) is 0 Å². The van der Waals surface area contributed by atoms with Crippen LogP contribution in [0.2, 0.25) is 0 Å². The standard InChI is InChI=1S/C12H15NO4S/c1-3-12(14)13-8-9-17-18(15,16)11-7-5-4-6-10(11)2/h3-7H,1,8-9H2,2H3,(H,13,14). The van der Waals surface area contributed by atoms with Gasteiger partial charge in [-0.1, -0.05) is 24.8 Å². The predicted molar refractivity (Wildman–Crippen MR) is 67.5 cm³/mol. The molecule has 98 valence electrons. The van der Waals surface area contributed by atoms with E-state index in [0.29, 0.717) is 5.56 Å². The summed E-state index contributed by atoms with van der Waals surface area (Å²) in [6.45, 7) is 4.96. The van der Waals surface area contributed by atoms with E-state index in [-0.39, 0.29) is 24.0 Å². The van der Waals surface area contributed by atoms with Gasteiger partial charge in [-0.15, -0.1) is 0 Å². The molecule has 0 heterocycles. The second-order valence-corrected chi connectivity index (χ2v) is 5.12. The van der Waals surface area contributed by atoms with E-state index in [1.165, 1.54) is 6.07 Å². The van der Waals surface area contributed by atoms with Crippen LogP contribution in [0, 0.1) is 6.92 Å². The van der Waals surface area contributed by atoms with E-state index in [1.807, 2.05) is 0 Å². The fourth-order valence-corrected chi connectivity index (χ4v) is 2.44. The van der Waals surface area contributed by atoms with Crippen LogP contribution in [0.1, 0.15) is 5.56 Å². The number of carbonyl (C=O) groups excluding carboxylic acids is 1. The quantitative estimate of drug-likeness (QED) is 0.475. The van der Waals surface area contributed by atoms with Gasteiger partial charge in [-0.2, -0.15) is 8.42 Å². The summed E-state index contributed by atoms with van der Waals surface area (Å²) in [5.74, 6) is -0.369. The Morgan fingerprint density at radius 3 is 2.72 bits per heavy atom. The lowest BCUT2D eigenvalue weighted by Crippen LogP contribution is -2.26. The Morgan fingerprint density at radius 1 is 1.44 bits per heavy atom. The van der Waals surface area contributed by atoms with Gasteiger partial charge in [0.25, 0.3) is 10.1 Å². The summed E-state index contributed by atoms with van der Waals surface area (Å²) in [5, 5.41) is 2.42. The summed E-state index contributed by atoms with van der Waals surface area (Å²) >= 11 is 0. The molecule has 0 aliphatic rings. The van der Waals surface area contributed by atoms with Crippen LogP contribution >= 0.6 is 0 Å². The molecule has 0 atom stereocenters. The molecule has 18 heavy (non-hydrogen) atoms. The van der Waals surface area contributed by atoms with Gasteiger partial charge >= 0.3 is 0 Å². The number of carbonyl (C=O) groups is 1. The van der Waals surface area contributed by atoms with E-state index >= 15 is 0 Å². The third-order valence-electron chi connectivity index (χ3n) is 2.19. The zero-order valence-corrected chi connectivity index (χ0v) is 10.9. The van der Waals surface area contributed by atoms with Crippen molar-refractivity contribution in [3.63, 3.8) is 0 Å². The van der Waals surface area contributed by atoms with Crippen LogP contribution in [0.25, 0.3) is 0 Å². The Morgan fingerprint density at radius 2 is 2.11 bits per heavy atom. The zero-order valence-electron chi connectivity index (χ0n) is 10.0. The second kappa shape index (κ2) is 6.32. The number of aryl methyl sites for hydroxylation is 1. The number of hydrogen-bond acceptors (Lipinski definition) is 4. The van der Waals surface area contributed by atoms with Gasteiger partial charge in [-0.05, 0) is 24.6 Å². The Balaban J connectivity index is 2.59. The number of hydrogen-bond donors (Lipinski definition) is 1. The predicted octanol–water partition coefficient (Wildman–Crippen LogP) is 1.00. The lowest BCUT2D eigenvalue weighted by atomic mass is 10.2. The van der Waals surface area contributed by atoms with Crippen LogP contribution in [0.3, 0.4) is 0 Å². The molecule has 5 nitrogen and oxygen atoms in total. The van der Waals surface area contributed by atoms with Crippen molar-refractivity contribution in [1.82, 2.24) is 5.32 Å². The van der Waals surface area contributed by atoms with Crippen molar-refractivity contribution < 1.29 is 17.4 Å². The Labute approximate surface area is 107 Å². The normalized spacial score (nSPS) is 10.9. The summed E-state index contributed by atoms with van der Waals surface area (Å²) < 4.78 is 28.4. The molecule has 1 aromatic carbocycles. The molecule has 6 heteroatoms. The molecular formula is C12H15NO4S. The summed E-state index contributed by atoms with van der Waals surface area (Å²) in [4.78, 5) is 11.0. The molecule has 1 aromatic rings. The lowest BCUT2D eigenvalue weighted by molar-refractivity contribution is -0.116. The molecule has 0 aliphatic heterocycles. The van der Waals surface area contributed by atoms with Crippen molar-refractivity contribution in [2.75, 3.05) is 13.2 Å². The third-order valence-corrected chi connectivity index (χ3v) is 3.66. The van der Waals surface area contributed by atoms with Crippen molar-refractivity contribution in [2.24, 2.45) is 0 Å². The highest BCUT2D eigenvalue weighted by molar-refractivity contribution is 7.86. The first-order valence-corrected chi connectivity index (χ1v) is 6.73. The molecule has 0 aromatic heterocycles. The number of rotatable bonds is 6. The van der Waals surface area contributed by atoms with Gasteiger partial charge in [0.2, 0.25) is 5.91 Å². The van der Waals surface area contributed by atoms with E-state index in [2.05, 4.69) is 11.9 Å². The molecule has 0 bridgehead atoms. The average molecular weight is 269 g/mol. The summed E-state index contributed by atoms with van der Waals surface area (Å²) in [6, 6.07) is 6.55. The molecule has 1 rings (SSSR count). The molecule has 0 radical (unpaired) electrons. The number of benzene rings is 1. The van der Waals surface area contributed by atoms with Crippen LogP contribution in [-0.4, -0.2) is 27.5 Å². The van der Waals surface area contributed by atoms with Crippen molar-refractivity contribution in [3.8, 4) is 0 Å². The van der Waals surface area contributed by atoms with Crippen molar-refractivity contribution in [3.05, 3.63) is 42.5 Å². The largest absolute Gasteiger partial charge is 0.350 e. The van der Waals surface area contributed by atoms with E-state index in [4.69, 9.17) is 4.18 Å². The minimum Gasteiger partial charge on any atom is -0.350 e. The fraction of sp³-hybridized carbons (Fsp3) is 0.250. The molecule has 0 saturated carbocycles. The first kappa shape index (κ1) is 14.4. The van der Waals surface area contributed by atoms with Crippen molar-refractivity contribution in [2.45, 2.75) is 11.8 Å². The Bertz CT molecular complexity index is 537. The lowest BCUT2D eigenvalue weighted by Gasteiger charge is -2.08. The van der Waals surface area contributed by atoms with Gasteiger partial charge in [0.05, 0.1) is 11.5 Å². The van der Waals surface area contributed by atoms with E-state index in [9.17, 15) is 13.2 Å². The number of nitrogens with one attached hydrogen (secondary N) is 1. The molecule has 0 spiro atoms. The summed E-state index contributed by atoms with van der Waals surface area (Å²) in [5.41, 5.74) is 0.618. The Kier molecular flexibility index (Phi) is 5.06. The van der Waals surface area contributed by atoms with Crippen LogP contribution in [0.4, 0.5) is 0 Å². The van der Waals surface area contributed by atoms with Gasteiger partial charge < -0.3 is 5.32 Å². The first-order valence-electron chi connectivity index (χ1n) is 5.32. The average Bonchev–Trinajstić information content (AvgIpc) is 2.34. The maximum absolute atomic E-state index is 11.8.